The molecule has 0 aliphatic rings. The van der Waals surface area contributed by atoms with E-state index in [4.69, 9.17) is 0 Å². The van der Waals surface area contributed by atoms with Crippen molar-refractivity contribution < 1.29 is 13.6 Å². The van der Waals surface area contributed by atoms with E-state index in [-0.39, 0.29) is 28.3 Å². The Morgan fingerprint density at radius 2 is 2.05 bits per heavy atom. The smallest absolute Gasteiger partial charge is 0.173 e. The van der Waals surface area contributed by atoms with E-state index in [0.717, 1.165) is 6.07 Å². The Bertz CT molecular complexity index is 653. The second-order valence-corrected chi connectivity index (χ2v) is 5.50. The number of hydrogen-bond acceptors (Lipinski definition) is 2. The molecule has 0 saturated carbocycles. The molecule has 0 atom stereocenters. The maximum atomic E-state index is 13.4. The lowest BCUT2D eigenvalue weighted by Crippen LogP contribution is -2.08. The van der Waals surface area contributed by atoms with Crippen molar-refractivity contribution in [3.8, 4) is 0 Å². The predicted molar refractivity (Wildman–Crippen MR) is 74.7 cm³/mol. The van der Waals surface area contributed by atoms with Crippen molar-refractivity contribution in [3.63, 3.8) is 0 Å². The number of Topliss-reactive ketones (excluding diaryl/α,β-unsaturated/α-hetero) is 1. The second-order valence-electron chi connectivity index (χ2n) is 4.70. The van der Waals surface area contributed by atoms with E-state index < -0.39 is 11.6 Å². The number of halogens is 3. The number of aromatic nitrogens is 2. The summed E-state index contributed by atoms with van der Waals surface area (Å²) in [6.07, 6.45) is 1.83. The van der Waals surface area contributed by atoms with Gasteiger partial charge in [-0.25, -0.2) is 8.78 Å². The maximum Gasteiger partial charge on any atom is 0.173 e. The SMILES string of the molecule is CC(C)n1ccc(CC(=O)c2ccc(F)c(F)c2Br)n1. The van der Waals surface area contributed by atoms with Gasteiger partial charge in [0, 0.05) is 17.8 Å². The lowest BCUT2D eigenvalue weighted by atomic mass is 10.1. The van der Waals surface area contributed by atoms with Gasteiger partial charge in [0.05, 0.1) is 16.6 Å². The summed E-state index contributed by atoms with van der Waals surface area (Å²) in [6, 6.07) is 4.16. The minimum Gasteiger partial charge on any atom is -0.294 e. The normalized spacial score (nSPS) is 11.1. The molecule has 0 aliphatic heterocycles. The standard InChI is InChI=1S/C14H13BrF2N2O/c1-8(2)19-6-5-9(18-19)7-12(20)10-3-4-11(16)14(17)13(10)15/h3-6,8H,7H2,1-2H3. The molecule has 0 spiro atoms. The third-order valence-electron chi connectivity index (χ3n) is 2.87. The van der Waals surface area contributed by atoms with Crippen LogP contribution in [0.1, 0.15) is 35.9 Å². The number of nitrogens with zero attached hydrogens (tertiary/aromatic N) is 2. The van der Waals surface area contributed by atoms with Gasteiger partial charge in [-0.3, -0.25) is 9.48 Å². The molecule has 0 N–H and O–H groups in total. The Balaban J connectivity index is 2.22. The van der Waals surface area contributed by atoms with Crippen molar-refractivity contribution in [1.82, 2.24) is 9.78 Å². The van der Waals surface area contributed by atoms with Crippen molar-refractivity contribution in [2.45, 2.75) is 26.3 Å². The molecular formula is C14H13BrF2N2O. The summed E-state index contributed by atoms with van der Waals surface area (Å²) in [6.45, 7) is 3.95. The van der Waals surface area contributed by atoms with Crippen molar-refractivity contribution >= 4 is 21.7 Å². The van der Waals surface area contributed by atoms with E-state index in [9.17, 15) is 13.6 Å². The highest BCUT2D eigenvalue weighted by Gasteiger charge is 2.18. The van der Waals surface area contributed by atoms with Gasteiger partial charge in [0.15, 0.2) is 17.4 Å². The zero-order valence-electron chi connectivity index (χ0n) is 11.0. The Kier molecular flexibility index (Phi) is 4.32. The van der Waals surface area contributed by atoms with Gasteiger partial charge >= 0.3 is 0 Å². The van der Waals surface area contributed by atoms with E-state index in [1.54, 1.807) is 16.9 Å². The molecule has 106 valence electrons. The molecule has 0 bridgehead atoms. The second kappa shape index (κ2) is 5.83. The van der Waals surface area contributed by atoms with Crippen LogP contribution in [0.5, 0.6) is 0 Å². The number of ketones is 1. The molecule has 2 rings (SSSR count). The molecule has 2 aromatic rings. The molecule has 0 aliphatic carbocycles. The Hall–Kier alpha value is -1.56. The minimum atomic E-state index is -1.05. The average molecular weight is 343 g/mol. The number of hydrogen-bond donors (Lipinski definition) is 0. The van der Waals surface area contributed by atoms with Crippen molar-refractivity contribution in [3.05, 3.63) is 51.8 Å². The van der Waals surface area contributed by atoms with Gasteiger partial charge in [-0.05, 0) is 48.0 Å². The van der Waals surface area contributed by atoms with E-state index in [0.29, 0.717) is 5.69 Å². The van der Waals surface area contributed by atoms with Crippen LogP contribution in [-0.4, -0.2) is 15.6 Å². The fourth-order valence-corrected chi connectivity index (χ4v) is 2.30. The van der Waals surface area contributed by atoms with Crippen LogP contribution in [0.25, 0.3) is 0 Å². The molecular weight excluding hydrogens is 330 g/mol. The van der Waals surface area contributed by atoms with Gasteiger partial charge in [-0.2, -0.15) is 5.10 Å². The molecule has 1 aromatic heterocycles. The van der Waals surface area contributed by atoms with Crippen LogP contribution in [0.2, 0.25) is 0 Å². The zero-order chi connectivity index (χ0) is 14.9. The lowest BCUT2D eigenvalue weighted by Gasteiger charge is -2.05. The van der Waals surface area contributed by atoms with Crippen LogP contribution in [-0.2, 0) is 6.42 Å². The van der Waals surface area contributed by atoms with Crippen molar-refractivity contribution in [2.75, 3.05) is 0 Å². The highest BCUT2D eigenvalue weighted by molar-refractivity contribution is 9.10. The summed E-state index contributed by atoms with van der Waals surface area (Å²) in [5.74, 6) is -2.36. The summed E-state index contributed by atoms with van der Waals surface area (Å²) in [5.41, 5.74) is 0.711. The van der Waals surface area contributed by atoms with Crippen LogP contribution < -0.4 is 0 Å². The van der Waals surface area contributed by atoms with Crippen LogP contribution in [0.3, 0.4) is 0 Å². The van der Waals surface area contributed by atoms with Gasteiger partial charge in [-0.15, -0.1) is 0 Å². The van der Waals surface area contributed by atoms with Crippen molar-refractivity contribution in [1.29, 1.82) is 0 Å². The van der Waals surface area contributed by atoms with E-state index in [1.807, 2.05) is 13.8 Å². The summed E-state index contributed by atoms with van der Waals surface area (Å²) in [7, 11) is 0. The van der Waals surface area contributed by atoms with Gasteiger partial charge in [0.2, 0.25) is 0 Å². The molecule has 0 radical (unpaired) electrons. The molecule has 1 heterocycles. The number of carbonyl (C=O) groups is 1. The fraction of sp³-hybridized carbons (Fsp3) is 0.286. The minimum absolute atomic E-state index is 0.0450. The predicted octanol–water partition coefficient (Wildman–Crippen LogP) is 3.93. The quantitative estimate of drug-likeness (QED) is 0.623. The molecule has 0 fully saturated rings. The number of benzene rings is 1. The van der Waals surface area contributed by atoms with Crippen molar-refractivity contribution in [2.24, 2.45) is 0 Å². The van der Waals surface area contributed by atoms with Crippen LogP contribution in [0.4, 0.5) is 8.78 Å². The third-order valence-corrected chi connectivity index (χ3v) is 3.65. The third kappa shape index (κ3) is 2.95. The monoisotopic (exact) mass is 342 g/mol. The lowest BCUT2D eigenvalue weighted by molar-refractivity contribution is 0.0990. The van der Waals surface area contributed by atoms with Gasteiger partial charge in [0.1, 0.15) is 0 Å². The molecule has 0 unspecified atom stereocenters. The Morgan fingerprint density at radius 3 is 2.65 bits per heavy atom. The van der Waals surface area contributed by atoms with Crippen LogP contribution >= 0.6 is 15.9 Å². The van der Waals surface area contributed by atoms with E-state index >= 15 is 0 Å². The Labute approximate surface area is 123 Å². The Morgan fingerprint density at radius 1 is 1.35 bits per heavy atom. The topological polar surface area (TPSA) is 34.9 Å². The van der Waals surface area contributed by atoms with Gasteiger partial charge in [0.25, 0.3) is 0 Å². The summed E-state index contributed by atoms with van der Waals surface area (Å²) < 4.78 is 28.0. The molecule has 3 nitrogen and oxygen atoms in total. The number of rotatable bonds is 4. The van der Waals surface area contributed by atoms with E-state index in [1.165, 1.54) is 6.07 Å². The molecule has 0 saturated heterocycles. The summed E-state index contributed by atoms with van der Waals surface area (Å²) >= 11 is 2.91. The molecule has 1 aromatic carbocycles. The summed E-state index contributed by atoms with van der Waals surface area (Å²) in [5, 5.41) is 4.26. The van der Waals surface area contributed by atoms with Gasteiger partial charge < -0.3 is 0 Å². The fourth-order valence-electron chi connectivity index (χ4n) is 1.76. The largest absolute Gasteiger partial charge is 0.294 e. The zero-order valence-corrected chi connectivity index (χ0v) is 12.6. The highest BCUT2D eigenvalue weighted by atomic mass is 79.9. The van der Waals surface area contributed by atoms with Gasteiger partial charge in [-0.1, -0.05) is 0 Å². The first-order valence-corrected chi connectivity index (χ1v) is 6.90. The number of carbonyl (C=O) groups excluding carboxylic acids is 1. The molecule has 6 heteroatoms. The summed E-state index contributed by atoms with van der Waals surface area (Å²) in [4.78, 5) is 12.1. The first-order valence-electron chi connectivity index (χ1n) is 6.11. The van der Waals surface area contributed by atoms with Crippen LogP contribution in [0, 0.1) is 11.6 Å². The van der Waals surface area contributed by atoms with E-state index in [2.05, 4.69) is 21.0 Å². The maximum absolute atomic E-state index is 13.4. The first-order chi connectivity index (χ1) is 9.40. The van der Waals surface area contributed by atoms with Crippen LogP contribution in [0.15, 0.2) is 28.9 Å². The first kappa shape index (κ1) is 14.8. The molecule has 0 amide bonds. The average Bonchev–Trinajstić information content (AvgIpc) is 2.84. The highest BCUT2D eigenvalue weighted by Crippen LogP contribution is 2.24. The molecule has 20 heavy (non-hydrogen) atoms.